The smallest absolute Gasteiger partial charge is 0.248 e. The van der Waals surface area contributed by atoms with Gasteiger partial charge in [-0.1, -0.05) is 15.9 Å². The second-order valence-electron chi connectivity index (χ2n) is 3.79. The van der Waals surface area contributed by atoms with Gasteiger partial charge in [-0.3, -0.25) is 4.79 Å². The summed E-state index contributed by atoms with van der Waals surface area (Å²) in [6, 6.07) is 10.1. The zero-order chi connectivity index (χ0) is 14.0. The minimum Gasteiger partial charge on any atom is -0.454 e. The van der Waals surface area contributed by atoms with Crippen molar-refractivity contribution in [3.63, 3.8) is 0 Å². The van der Waals surface area contributed by atoms with Gasteiger partial charge in [-0.2, -0.15) is 0 Å². The third kappa shape index (κ3) is 3.27. The van der Waals surface area contributed by atoms with Crippen molar-refractivity contribution in [3.05, 3.63) is 50.9 Å². The highest BCUT2D eigenvalue weighted by molar-refractivity contribution is 9.11. The van der Waals surface area contributed by atoms with Crippen LogP contribution in [-0.4, -0.2) is 5.91 Å². The van der Waals surface area contributed by atoms with E-state index in [2.05, 4.69) is 31.9 Å². The Balaban J connectivity index is 2.37. The molecule has 0 spiro atoms. The summed E-state index contributed by atoms with van der Waals surface area (Å²) in [5.41, 5.74) is 11.8. The minimum atomic E-state index is -0.528. The second kappa shape index (κ2) is 5.63. The monoisotopic (exact) mass is 384 g/mol. The zero-order valence-corrected chi connectivity index (χ0v) is 12.9. The SMILES string of the molecule is NC(=O)c1ccc(N)c(Oc2ccc(Br)cc2Br)c1. The molecule has 4 N–H and O–H groups in total. The maximum Gasteiger partial charge on any atom is 0.248 e. The topological polar surface area (TPSA) is 78.3 Å². The number of hydrogen-bond acceptors (Lipinski definition) is 3. The largest absolute Gasteiger partial charge is 0.454 e. The number of nitrogen functional groups attached to an aromatic ring is 1. The molecule has 0 unspecified atom stereocenters. The van der Waals surface area contributed by atoms with Crippen molar-refractivity contribution in [1.29, 1.82) is 0 Å². The van der Waals surface area contributed by atoms with Crippen LogP contribution in [0.15, 0.2) is 45.3 Å². The van der Waals surface area contributed by atoms with Crippen molar-refractivity contribution in [2.45, 2.75) is 0 Å². The predicted octanol–water partition coefficient (Wildman–Crippen LogP) is 3.69. The number of carbonyl (C=O) groups is 1. The van der Waals surface area contributed by atoms with Crippen molar-refractivity contribution in [3.8, 4) is 11.5 Å². The summed E-state index contributed by atoms with van der Waals surface area (Å²) in [7, 11) is 0. The number of anilines is 1. The Bertz CT molecular complexity index is 645. The lowest BCUT2D eigenvalue weighted by Crippen LogP contribution is -2.11. The number of carbonyl (C=O) groups excluding carboxylic acids is 1. The quantitative estimate of drug-likeness (QED) is 0.791. The summed E-state index contributed by atoms with van der Waals surface area (Å²) in [6.07, 6.45) is 0. The summed E-state index contributed by atoms with van der Waals surface area (Å²) in [5.74, 6) is 0.454. The van der Waals surface area contributed by atoms with Crippen LogP contribution in [0.1, 0.15) is 10.4 Å². The van der Waals surface area contributed by atoms with Crippen LogP contribution in [0.3, 0.4) is 0 Å². The van der Waals surface area contributed by atoms with Gasteiger partial charge in [0.2, 0.25) is 5.91 Å². The molecular weight excluding hydrogens is 376 g/mol. The van der Waals surface area contributed by atoms with Crippen LogP contribution in [0, 0.1) is 0 Å². The van der Waals surface area contributed by atoms with Crippen LogP contribution in [0.5, 0.6) is 11.5 Å². The van der Waals surface area contributed by atoms with E-state index in [0.717, 1.165) is 8.95 Å². The van der Waals surface area contributed by atoms with Gasteiger partial charge in [0.1, 0.15) is 5.75 Å². The Hall–Kier alpha value is -1.53. The van der Waals surface area contributed by atoms with E-state index in [0.29, 0.717) is 22.7 Å². The fourth-order valence-corrected chi connectivity index (χ4v) is 2.58. The average Bonchev–Trinajstić information content (AvgIpc) is 2.34. The first-order valence-electron chi connectivity index (χ1n) is 5.29. The van der Waals surface area contributed by atoms with Gasteiger partial charge in [0.05, 0.1) is 10.2 Å². The fourth-order valence-electron chi connectivity index (χ4n) is 1.45. The molecule has 98 valence electrons. The van der Waals surface area contributed by atoms with Crippen LogP contribution in [0.2, 0.25) is 0 Å². The highest BCUT2D eigenvalue weighted by Crippen LogP contribution is 2.34. The first-order valence-corrected chi connectivity index (χ1v) is 6.88. The summed E-state index contributed by atoms with van der Waals surface area (Å²) in [6.45, 7) is 0. The standard InChI is InChI=1S/C13H10Br2N2O2/c14-8-2-4-11(9(15)6-8)19-12-5-7(13(17)18)1-3-10(12)16/h1-6H,16H2,(H2,17,18). The molecule has 2 rings (SSSR count). The fraction of sp³-hybridized carbons (Fsp3) is 0. The van der Waals surface area contributed by atoms with Crippen LogP contribution in [0.4, 0.5) is 5.69 Å². The zero-order valence-electron chi connectivity index (χ0n) is 9.69. The molecule has 0 aliphatic heterocycles. The maximum absolute atomic E-state index is 11.1. The number of benzene rings is 2. The van der Waals surface area contributed by atoms with E-state index in [1.54, 1.807) is 18.2 Å². The molecule has 1 amide bonds. The molecule has 0 aliphatic rings. The maximum atomic E-state index is 11.1. The third-order valence-corrected chi connectivity index (χ3v) is 3.52. The van der Waals surface area contributed by atoms with Gasteiger partial charge in [0, 0.05) is 10.0 Å². The summed E-state index contributed by atoms with van der Waals surface area (Å²) >= 11 is 6.74. The number of amides is 1. The number of halogens is 2. The second-order valence-corrected chi connectivity index (χ2v) is 5.56. The van der Waals surface area contributed by atoms with E-state index >= 15 is 0 Å². The molecule has 0 radical (unpaired) electrons. The average molecular weight is 386 g/mol. The van der Waals surface area contributed by atoms with Gasteiger partial charge in [0.15, 0.2) is 5.75 Å². The molecule has 0 heterocycles. The van der Waals surface area contributed by atoms with E-state index < -0.39 is 5.91 Å². The molecule has 0 aromatic heterocycles. The highest BCUT2D eigenvalue weighted by atomic mass is 79.9. The van der Waals surface area contributed by atoms with E-state index in [4.69, 9.17) is 16.2 Å². The molecule has 0 atom stereocenters. The molecular formula is C13H10Br2N2O2. The Labute approximate surface area is 127 Å². The van der Waals surface area contributed by atoms with Crippen molar-refractivity contribution >= 4 is 43.5 Å². The van der Waals surface area contributed by atoms with Crippen molar-refractivity contribution < 1.29 is 9.53 Å². The third-order valence-electron chi connectivity index (χ3n) is 2.41. The van der Waals surface area contributed by atoms with Crippen molar-refractivity contribution in [2.24, 2.45) is 5.73 Å². The molecule has 2 aromatic rings. The minimum absolute atomic E-state index is 0.345. The van der Waals surface area contributed by atoms with Gasteiger partial charge in [-0.25, -0.2) is 0 Å². The molecule has 0 saturated heterocycles. The van der Waals surface area contributed by atoms with Gasteiger partial charge in [-0.15, -0.1) is 0 Å². The first-order chi connectivity index (χ1) is 8.97. The Kier molecular flexibility index (Phi) is 4.11. The summed E-state index contributed by atoms with van der Waals surface area (Å²) in [4.78, 5) is 11.1. The van der Waals surface area contributed by atoms with Crippen LogP contribution in [0.25, 0.3) is 0 Å². The van der Waals surface area contributed by atoms with Crippen molar-refractivity contribution in [1.82, 2.24) is 0 Å². The summed E-state index contributed by atoms with van der Waals surface area (Å²) in [5, 5.41) is 0. The van der Waals surface area contributed by atoms with Gasteiger partial charge < -0.3 is 16.2 Å². The number of rotatable bonds is 3. The summed E-state index contributed by atoms with van der Waals surface area (Å²) < 4.78 is 7.38. The molecule has 4 nitrogen and oxygen atoms in total. The van der Waals surface area contributed by atoms with Gasteiger partial charge in [0.25, 0.3) is 0 Å². The molecule has 19 heavy (non-hydrogen) atoms. The Morgan fingerprint density at radius 2 is 1.79 bits per heavy atom. The van der Waals surface area contributed by atoms with E-state index in [1.165, 1.54) is 6.07 Å². The molecule has 0 bridgehead atoms. The van der Waals surface area contributed by atoms with E-state index in [9.17, 15) is 4.79 Å². The Morgan fingerprint density at radius 3 is 2.42 bits per heavy atom. The lowest BCUT2D eigenvalue weighted by molar-refractivity contribution is 0.1000. The molecule has 0 fully saturated rings. The normalized spacial score (nSPS) is 10.2. The van der Waals surface area contributed by atoms with E-state index in [-0.39, 0.29) is 0 Å². The number of hydrogen-bond donors (Lipinski definition) is 2. The molecule has 0 saturated carbocycles. The van der Waals surface area contributed by atoms with Gasteiger partial charge >= 0.3 is 0 Å². The highest BCUT2D eigenvalue weighted by Gasteiger charge is 2.09. The van der Waals surface area contributed by atoms with Crippen molar-refractivity contribution in [2.75, 3.05) is 5.73 Å². The number of nitrogens with two attached hydrogens (primary N) is 2. The van der Waals surface area contributed by atoms with Crippen LogP contribution in [-0.2, 0) is 0 Å². The molecule has 0 aliphatic carbocycles. The predicted molar refractivity (Wildman–Crippen MR) is 81.3 cm³/mol. The number of primary amides is 1. The lowest BCUT2D eigenvalue weighted by atomic mass is 10.2. The van der Waals surface area contributed by atoms with E-state index in [1.807, 2.05) is 12.1 Å². The first kappa shape index (κ1) is 13.9. The number of ether oxygens (including phenoxy) is 1. The molecule has 6 heteroatoms. The van der Waals surface area contributed by atoms with Crippen LogP contribution < -0.4 is 16.2 Å². The Morgan fingerprint density at radius 1 is 1.05 bits per heavy atom. The molecule has 2 aromatic carbocycles. The lowest BCUT2D eigenvalue weighted by Gasteiger charge is -2.11. The van der Waals surface area contributed by atoms with Gasteiger partial charge in [-0.05, 0) is 52.3 Å². The van der Waals surface area contributed by atoms with Crippen LogP contribution >= 0.6 is 31.9 Å².